The highest BCUT2D eigenvalue weighted by Crippen LogP contribution is 2.39. The lowest BCUT2D eigenvalue weighted by atomic mass is 9.85. The minimum absolute atomic E-state index is 0.175. The Bertz CT molecular complexity index is 778. The van der Waals surface area contributed by atoms with Crippen molar-refractivity contribution in [1.29, 1.82) is 5.26 Å². The van der Waals surface area contributed by atoms with Crippen molar-refractivity contribution in [1.82, 2.24) is 0 Å². The topological polar surface area (TPSA) is 70.1 Å². The zero-order valence-electron chi connectivity index (χ0n) is 13.1. The summed E-state index contributed by atoms with van der Waals surface area (Å²) in [4.78, 5) is 14.0. The number of hydrogen-bond donors (Lipinski definition) is 1. The monoisotopic (exact) mass is 305 g/mol. The lowest BCUT2D eigenvalue weighted by Crippen LogP contribution is -2.41. The molecule has 3 rings (SSSR count). The Kier molecular flexibility index (Phi) is 4.03. The van der Waals surface area contributed by atoms with Gasteiger partial charge in [-0.3, -0.25) is 4.79 Å². The van der Waals surface area contributed by atoms with E-state index in [1.807, 2.05) is 48.5 Å². The molecule has 0 radical (unpaired) electrons. The van der Waals surface area contributed by atoms with Crippen molar-refractivity contribution in [2.24, 2.45) is 5.73 Å². The summed E-state index contributed by atoms with van der Waals surface area (Å²) in [5.74, 6) is -0.523. The van der Waals surface area contributed by atoms with Crippen LogP contribution in [0.5, 0.6) is 0 Å². The third-order valence-corrected chi connectivity index (χ3v) is 4.55. The lowest BCUT2D eigenvalue weighted by molar-refractivity contribution is -0.119. The Morgan fingerprint density at radius 2 is 1.96 bits per heavy atom. The molecular formula is C19H19N3O. The van der Waals surface area contributed by atoms with E-state index in [-0.39, 0.29) is 17.9 Å². The molecule has 4 heteroatoms. The van der Waals surface area contributed by atoms with Crippen LogP contribution in [0.3, 0.4) is 0 Å². The molecular weight excluding hydrogens is 286 g/mol. The fourth-order valence-electron chi connectivity index (χ4n) is 3.34. The number of amides is 1. The second-order valence-electron chi connectivity index (χ2n) is 6.00. The molecule has 2 N–H and O–H groups in total. The smallest absolute Gasteiger partial charge is 0.225 e. The number of benzene rings is 2. The fraction of sp³-hybridized carbons (Fsp3) is 0.263. The number of rotatable bonds is 3. The van der Waals surface area contributed by atoms with Crippen molar-refractivity contribution in [3.8, 4) is 6.07 Å². The van der Waals surface area contributed by atoms with E-state index in [2.05, 4.69) is 17.9 Å². The summed E-state index contributed by atoms with van der Waals surface area (Å²) in [6.45, 7) is 2.74. The zero-order valence-corrected chi connectivity index (χ0v) is 13.1. The third-order valence-electron chi connectivity index (χ3n) is 4.55. The Morgan fingerprint density at radius 3 is 2.70 bits per heavy atom. The maximum absolute atomic E-state index is 11.8. The minimum Gasteiger partial charge on any atom is -0.369 e. The van der Waals surface area contributed by atoms with E-state index in [4.69, 9.17) is 5.73 Å². The van der Waals surface area contributed by atoms with Gasteiger partial charge in [0.05, 0.1) is 17.6 Å². The van der Waals surface area contributed by atoms with Gasteiger partial charge in [0, 0.05) is 18.3 Å². The molecule has 23 heavy (non-hydrogen) atoms. The molecule has 2 aromatic rings. The minimum atomic E-state index is -0.277. The molecule has 0 aliphatic carbocycles. The number of primary amides is 1. The molecule has 2 atom stereocenters. The Labute approximate surface area is 136 Å². The number of para-hydroxylation sites is 1. The van der Waals surface area contributed by atoms with Crippen LogP contribution in [-0.2, 0) is 11.3 Å². The Balaban J connectivity index is 2.01. The zero-order chi connectivity index (χ0) is 16.4. The standard InChI is InChI=1S/C19H19N3O/c1-13-10-17(19(21)23)16-8-4-5-9-18(16)22(13)12-15-7-3-2-6-14(15)11-20/h2-9,13,17H,10,12H2,1H3,(H2,21,23). The summed E-state index contributed by atoms with van der Waals surface area (Å²) in [5.41, 5.74) is 9.28. The summed E-state index contributed by atoms with van der Waals surface area (Å²) in [5, 5.41) is 9.29. The quantitative estimate of drug-likeness (QED) is 0.947. The predicted molar refractivity (Wildman–Crippen MR) is 89.8 cm³/mol. The van der Waals surface area contributed by atoms with Crippen molar-refractivity contribution in [2.75, 3.05) is 4.90 Å². The van der Waals surface area contributed by atoms with E-state index >= 15 is 0 Å². The number of carbonyl (C=O) groups excluding carboxylic acids is 1. The van der Waals surface area contributed by atoms with Gasteiger partial charge in [-0.25, -0.2) is 0 Å². The van der Waals surface area contributed by atoms with Gasteiger partial charge < -0.3 is 10.6 Å². The van der Waals surface area contributed by atoms with Gasteiger partial charge in [-0.2, -0.15) is 5.26 Å². The van der Waals surface area contributed by atoms with Gasteiger partial charge in [0.15, 0.2) is 0 Å². The lowest BCUT2D eigenvalue weighted by Gasteiger charge is -2.40. The van der Waals surface area contributed by atoms with Gasteiger partial charge in [-0.05, 0) is 36.6 Å². The second-order valence-corrected chi connectivity index (χ2v) is 6.00. The maximum atomic E-state index is 11.8. The van der Waals surface area contributed by atoms with E-state index in [9.17, 15) is 10.1 Å². The average molecular weight is 305 g/mol. The molecule has 2 aromatic carbocycles. The van der Waals surface area contributed by atoms with Gasteiger partial charge in [0.1, 0.15) is 0 Å². The first-order valence-corrected chi connectivity index (χ1v) is 7.74. The predicted octanol–water partition coefficient (Wildman–Crippen LogP) is 2.93. The molecule has 1 aliphatic rings. The number of nitrogens with zero attached hydrogens (tertiary/aromatic N) is 2. The summed E-state index contributed by atoms with van der Waals surface area (Å²) >= 11 is 0. The normalized spacial score (nSPS) is 19.7. The van der Waals surface area contributed by atoms with E-state index in [1.165, 1.54) is 0 Å². The number of carbonyl (C=O) groups is 1. The van der Waals surface area contributed by atoms with Gasteiger partial charge in [-0.15, -0.1) is 0 Å². The molecule has 0 spiro atoms. The van der Waals surface area contributed by atoms with Gasteiger partial charge >= 0.3 is 0 Å². The first-order valence-electron chi connectivity index (χ1n) is 7.74. The van der Waals surface area contributed by atoms with Crippen LogP contribution in [0.25, 0.3) is 0 Å². The SMILES string of the molecule is CC1CC(C(N)=O)c2ccccc2N1Cc1ccccc1C#N. The fourth-order valence-corrected chi connectivity index (χ4v) is 3.34. The van der Waals surface area contributed by atoms with Crippen LogP contribution in [0.4, 0.5) is 5.69 Å². The molecule has 0 saturated carbocycles. The summed E-state index contributed by atoms with van der Waals surface area (Å²) in [6, 6.07) is 18.0. The van der Waals surface area contributed by atoms with Crippen LogP contribution in [0.2, 0.25) is 0 Å². The largest absolute Gasteiger partial charge is 0.369 e. The maximum Gasteiger partial charge on any atom is 0.225 e. The molecule has 0 aromatic heterocycles. The summed E-state index contributed by atoms with van der Waals surface area (Å²) in [6.07, 6.45) is 0.696. The van der Waals surface area contributed by atoms with Crippen LogP contribution in [0.15, 0.2) is 48.5 Å². The molecule has 1 aliphatic heterocycles. The van der Waals surface area contributed by atoms with Crippen molar-refractivity contribution in [3.63, 3.8) is 0 Å². The number of hydrogen-bond acceptors (Lipinski definition) is 3. The van der Waals surface area contributed by atoms with Crippen molar-refractivity contribution < 1.29 is 4.79 Å². The molecule has 0 saturated heterocycles. The van der Waals surface area contributed by atoms with Crippen LogP contribution in [0, 0.1) is 11.3 Å². The van der Waals surface area contributed by atoms with E-state index in [1.54, 1.807) is 0 Å². The molecule has 1 heterocycles. The highest BCUT2D eigenvalue weighted by molar-refractivity contribution is 5.85. The van der Waals surface area contributed by atoms with Crippen molar-refractivity contribution >= 4 is 11.6 Å². The number of anilines is 1. The van der Waals surface area contributed by atoms with E-state index < -0.39 is 0 Å². The van der Waals surface area contributed by atoms with Gasteiger partial charge in [0.25, 0.3) is 0 Å². The highest BCUT2D eigenvalue weighted by atomic mass is 16.1. The molecule has 2 unspecified atom stereocenters. The molecule has 0 fully saturated rings. The summed E-state index contributed by atoms with van der Waals surface area (Å²) in [7, 11) is 0. The number of nitrogens with two attached hydrogens (primary N) is 1. The Morgan fingerprint density at radius 1 is 1.26 bits per heavy atom. The van der Waals surface area contributed by atoms with E-state index in [0.717, 1.165) is 16.8 Å². The van der Waals surface area contributed by atoms with E-state index in [0.29, 0.717) is 18.5 Å². The molecule has 4 nitrogen and oxygen atoms in total. The molecule has 116 valence electrons. The summed E-state index contributed by atoms with van der Waals surface area (Å²) < 4.78 is 0. The molecule has 1 amide bonds. The van der Waals surface area contributed by atoms with Crippen LogP contribution in [0.1, 0.15) is 36.0 Å². The first-order chi connectivity index (χ1) is 11.1. The van der Waals surface area contributed by atoms with Crippen molar-refractivity contribution in [3.05, 3.63) is 65.2 Å². The van der Waals surface area contributed by atoms with Crippen LogP contribution in [-0.4, -0.2) is 11.9 Å². The van der Waals surface area contributed by atoms with Gasteiger partial charge in [0.2, 0.25) is 5.91 Å². The number of nitriles is 1. The van der Waals surface area contributed by atoms with Crippen molar-refractivity contribution in [2.45, 2.75) is 31.8 Å². The molecule has 0 bridgehead atoms. The van der Waals surface area contributed by atoms with Gasteiger partial charge in [-0.1, -0.05) is 36.4 Å². The number of fused-ring (bicyclic) bond motifs is 1. The average Bonchev–Trinajstić information content (AvgIpc) is 2.57. The Hall–Kier alpha value is -2.80. The van der Waals surface area contributed by atoms with Crippen LogP contribution >= 0.6 is 0 Å². The van der Waals surface area contributed by atoms with Crippen LogP contribution < -0.4 is 10.6 Å². The first kappa shape index (κ1) is 15.1. The third kappa shape index (κ3) is 2.78. The second kappa shape index (κ2) is 6.13. The highest BCUT2D eigenvalue weighted by Gasteiger charge is 2.33.